The van der Waals surface area contributed by atoms with Gasteiger partial charge in [0.05, 0.1) is 40.6 Å². The first-order valence-electron chi connectivity index (χ1n) is 9.16. The van der Waals surface area contributed by atoms with Gasteiger partial charge in [-0.15, -0.1) is 0 Å². The van der Waals surface area contributed by atoms with Crippen molar-refractivity contribution >= 4 is 11.9 Å². The molecule has 2 unspecified atom stereocenters. The third-order valence-electron chi connectivity index (χ3n) is 7.26. The van der Waals surface area contributed by atoms with Crippen molar-refractivity contribution in [3.63, 3.8) is 0 Å². The second kappa shape index (κ2) is 5.30. The van der Waals surface area contributed by atoms with Crippen LogP contribution in [-0.2, 0) is 28.5 Å². The quantitative estimate of drug-likeness (QED) is 0.432. The third-order valence-corrected chi connectivity index (χ3v) is 7.26. The van der Waals surface area contributed by atoms with E-state index in [1.54, 1.807) is 0 Å². The molecule has 2 heterocycles. The summed E-state index contributed by atoms with van der Waals surface area (Å²) in [5.74, 6) is 2.27. The van der Waals surface area contributed by atoms with Gasteiger partial charge >= 0.3 is 11.9 Å². The maximum absolute atomic E-state index is 12.6. The van der Waals surface area contributed by atoms with Crippen LogP contribution in [0.2, 0.25) is 0 Å². The summed E-state index contributed by atoms with van der Waals surface area (Å²) >= 11 is 0. The molecule has 0 bridgehead atoms. The predicted octanol–water partition coefficient (Wildman–Crippen LogP) is 1.19. The van der Waals surface area contributed by atoms with Crippen LogP contribution in [0, 0.1) is 40.9 Å². The molecule has 0 spiro atoms. The highest BCUT2D eigenvalue weighted by Crippen LogP contribution is 2.66. The van der Waals surface area contributed by atoms with Crippen molar-refractivity contribution in [1.82, 2.24) is 0 Å². The van der Waals surface area contributed by atoms with Crippen molar-refractivity contribution in [2.75, 3.05) is 40.6 Å². The van der Waals surface area contributed by atoms with Gasteiger partial charge in [-0.1, -0.05) is 11.1 Å². The highest BCUT2D eigenvalue weighted by atomic mass is 16.5. The molecule has 2 saturated carbocycles. The third kappa shape index (κ3) is 2.04. The van der Waals surface area contributed by atoms with Crippen molar-refractivity contribution < 1.29 is 28.5 Å². The molecule has 3 aliphatic carbocycles. The summed E-state index contributed by atoms with van der Waals surface area (Å²) in [4.78, 5) is 25.2. The van der Waals surface area contributed by atoms with Gasteiger partial charge in [0.1, 0.15) is 0 Å². The lowest BCUT2D eigenvalue weighted by atomic mass is 9.82. The molecule has 2 saturated heterocycles. The average molecular weight is 348 g/mol. The predicted molar refractivity (Wildman–Crippen MR) is 85.3 cm³/mol. The normalized spacial score (nSPS) is 42.8. The summed E-state index contributed by atoms with van der Waals surface area (Å²) in [5.41, 5.74) is 1.46. The second-order valence-electron chi connectivity index (χ2n) is 8.25. The molecular formula is C19H24O6. The fourth-order valence-electron chi connectivity index (χ4n) is 5.88. The van der Waals surface area contributed by atoms with Crippen LogP contribution < -0.4 is 0 Å². The van der Waals surface area contributed by atoms with Crippen LogP contribution in [0.5, 0.6) is 0 Å². The summed E-state index contributed by atoms with van der Waals surface area (Å²) in [6, 6.07) is 0. The van der Waals surface area contributed by atoms with E-state index in [2.05, 4.69) is 0 Å². The van der Waals surface area contributed by atoms with Gasteiger partial charge in [-0.2, -0.15) is 0 Å². The second-order valence-corrected chi connectivity index (χ2v) is 8.25. The number of hydrogen-bond acceptors (Lipinski definition) is 6. The van der Waals surface area contributed by atoms with E-state index < -0.39 is 17.4 Å². The summed E-state index contributed by atoms with van der Waals surface area (Å²) in [5, 5.41) is 0. The fraction of sp³-hybridized carbons (Fsp3) is 0.789. The maximum atomic E-state index is 12.6. The van der Waals surface area contributed by atoms with Gasteiger partial charge in [0.15, 0.2) is 5.41 Å². The smallest absolute Gasteiger partial charge is 0.323 e. The Morgan fingerprint density at radius 3 is 1.48 bits per heavy atom. The van der Waals surface area contributed by atoms with Crippen molar-refractivity contribution in [1.29, 1.82) is 0 Å². The first-order chi connectivity index (χ1) is 12.1. The summed E-state index contributed by atoms with van der Waals surface area (Å²) in [6.45, 7) is 3.21. The molecule has 4 fully saturated rings. The summed E-state index contributed by atoms with van der Waals surface area (Å²) < 4.78 is 21.2. The molecule has 6 atom stereocenters. The largest absolute Gasteiger partial charge is 0.468 e. The molecule has 2 aliphatic heterocycles. The number of methoxy groups -OCH3 is 2. The van der Waals surface area contributed by atoms with Crippen molar-refractivity contribution in [3.8, 4) is 0 Å². The Morgan fingerprint density at radius 2 is 1.16 bits per heavy atom. The molecule has 5 rings (SSSR count). The van der Waals surface area contributed by atoms with Crippen LogP contribution in [0.3, 0.4) is 0 Å². The monoisotopic (exact) mass is 348 g/mol. The fourth-order valence-corrected chi connectivity index (χ4v) is 5.88. The minimum absolute atomic E-state index is 0.455. The van der Waals surface area contributed by atoms with E-state index in [1.165, 1.54) is 25.4 Å². The number of esters is 2. The molecule has 0 N–H and O–H groups in total. The molecule has 136 valence electrons. The Bertz CT molecular complexity index is 591. The van der Waals surface area contributed by atoms with E-state index in [1.807, 2.05) is 0 Å². The van der Waals surface area contributed by atoms with Gasteiger partial charge in [-0.25, -0.2) is 0 Å². The maximum Gasteiger partial charge on any atom is 0.323 e. The Kier molecular flexibility index (Phi) is 3.36. The first kappa shape index (κ1) is 15.8. The molecule has 0 aromatic rings. The molecule has 6 heteroatoms. The number of carbonyl (C=O) groups excluding carboxylic acids is 2. The lowest BCUT2D eigenvalue weighted by Gasteiger charge is -2.24. The van der Waals surface area contributed by atoms with Gasteiger partial charge in [-0.05, 0) is 48.3 Å². The van der Waals surface area contributed by atoms with Gasteiger partial charge in [0.25, 0.3) is 0 Å². The van der Waals surface area contributed by atoms with E-state index in [0.717, 1.165) is 26.4 Å². The van der Waals surface area contributed by atoms with Crippen LogP contribution in [0.1, 0.15) is 12.8 Å². The minimum Gasteiger partial charge on any atom is -0.468 e. The standard InChI is InChI=1S/C19H24O6/c1-22-17(20)19(18(21)23-2)3-9(15-11-5-24-6-12(11)15)10(4-19)16-13-7-25-8-14(13)16/h11-16H,3-8H2,1-2H3/t11-,12+,13-,14+,15?,16?. The average Bonchev–Trinajstić information content (AvgIpc) is 3.22. The topological polar surface area (TPSA) is 71.1 Å². The van der Waals surface area contributed by atoms with E-state index in [9.17, 15) is 9.59 Å². The van der Waals surface area contributed by atoms with Crippen LogP contribution >= 0.6 is 0 Å². The lowest BCUT2D eigenvalue weighted by molar-refractivity contribution is -0.168. The SMILES string of the molecule is COC(=O)C1(C(=O)OC)CC(C2[C@H]3COC[C@@H]23)=C(C2[C@H]3COC[C@@H]23)C1. The molecule has 25 heavy (non-hydrogen) atoms. The molecule has 0 amide bonds. The van der Waals surface area contributed by atoms with Crippen molar-refractivity contribution in [2.45, 2.75) is 12.8 Å². The molecule has 0 aromatic heterocycles. The number of fused-ring (bicyclic) bond motifs is 2. The van der Waals surface area contributed by atoms with Gasteiger partial charge in [0, 0.05) is 0 Å². The minimum atomic E-state index is -1.19. The highest BCUT2D eigenvalue weighted by molar-refractivity contribution is 6.01. The number of allylic oxidation sites excluding steroid dienone is 2. The van der Waals surface area contributed by atoms with Gasteiger partial charge in [0.2, 0.25) is 0 Å². The van der Waals surface area contributed by atoms with Gasteiger partial charge < -0.3 is 18.9 Å². The van der Waals surface area contributed by atoms with Crippen LogP contribution in [0.4, 0.5) is 0 Å². The molecular weight excluding hydrogens is 324 g/mol. The number of ether oxygens (including phenoxy) is 4. The molecule has 6 nitrogen and oxygen atoms in total. The lowest BCUT2D eigenvalue weighted by Crippen LogP contribution is -2.39. The van der Waals surface area contributed by atoms with E-state index in [-0.39, 0.29) is 0 Å². The van der Waals surface area contributed by atoms with E-state index >= 15 is 0 Å². The molecule has 0 aromatic carbocycles. The van der Waals surface area contributed by atoms with E-state index in [0.29, 0.717) is 48.3 Å². The Hall–Kier alpha value is -1.40. The first-order valence-corrected chi connectivity index (χ1v) is 9.16. The van der Waals surface area contributed by atoms with Crippen LogP contribution in [0.15, 0.2) is 11.1 Å². The van der Waals surface area contributed by atoms with Gasteiger partial charge in [-0.3, -0.25) is 9.59 Å². The van der Waals surface area contributed by atoms with Crippen LogP contribution in [0.25, 0.3) is 0 Å². The van der Waals surface area contributed by atoms with Crippen molar-refractivity contribution in [2.24, 2.45) is 40.9 Å². The Balaban J connectivity index is 1.49. The highest BCUT2D eigenvalue weighted by Gasteiger charge is 2.66. The zero-order valence-electron chi connectivity index (χ0n) is 14.7. The number of rotatable bonds is 4. The Morgan fingerprint density at radius 1 is 0.800 bits per heavy atom. The van der Waals surface area contributed by atoms with Crippen LogP contribution in [-0.4, -0.2) is 52.6 Å². The van der Waals surface area contributed by atoms with Crippen molar-refractivity contribution in [3.05, 3.63) is 11.1 Å². The Labute approximate surface area is 146 Å². The molecule has 0 radical (unpaired) electrons. The summed E-state index contributed by atoms with van der Waals surface area (Å²) in [7, 11) is 2.70. The number of hydrogen-bond donors (Lipinski definition) is 0. The zero-order chi connectivity index (χ0) is 17.3. The zero-order valence-corrected chi connectivity index (χ0v) is 14.7. The summed E-state index contributed by atoms with van der Waals surface area (Å²) in [6.07, 6.45) is 0.909. The number of carbonyl (C=O) groups is 2. The molecule has 5 aliphatic rings. The van der Waals surface area contributed by atoms with E-state index in [4.69, 9.17) is 18.9 Å².